The Morgan fingerprint density at radius 2 is 2.18 bits per heavy atom. The standard InChI is InChI=1S/C12H16N4O/c1-3-9-10(8-13)12(15-14-11(9)4-2)16-6-5-7-17-16/h3-7H2,1-2H3. The predicted octanol–water partition coefficient (Wildman–Crippen LogP) is 1.61. The van der Waals surface area contributed by atoms with Gasteiger partial charge in [0.1, 0.15) is 11.6 Å². The lowest BCUT2D eigenvalue weighted by Crippen LogP contribution is -2.21. The van der Waals surface area contributed by atoms with E-state index in [2.05, 4.69) is 16.3 Å². The van der Waals surface area contributed by atoms with Crippen molar-refractivity contribution in [2.24, 2.45) is 0 Å². The molecule has 1 aromatic rings. The number of hydrogen-bond donors (Lipinski definition) is 0. The van der Waals surface area contributed by atoms with Crippen LogP contribution in [0.3, 0.4) is 0 Å². The molecule has 2 rings (SSSR count). The van der Waals surface area contributed by atoms with E-state index in [4.69, 9.17) is 4.84 Å². The molecule has 0 unspecified atom stereocenters. The third kappa shape index (κ3) is 2.08. The smallest absolute Gasteiger partial charge is 0.193 e. The van der Waals surface area contributed by atoms with Crippen LogP contribution in [0.1, 0.15) is 37.1 Å². The minimum atomic E-state index is 0.569. The lowest BCUT2D eigenvalue weighted by atomic mass is 10.0. The number of rotatable bonds is 3. The molecule has 0 N–H and O–H groups in total. The molecular weight excluding hydrogens is 216 g/mol. The minimum absolute atomic E-state index is 0.569. The Labute approximate surface area is 101 Å². The van der Waals surface area contributed by atoms with Gasteiger partial charge in [-0.1, -0.05) is 13.8 Å². The Morgan fingerprint density at radius 1 is 1.35 bits per heavy atom. The van der Waals surface area contributed by atoms with Crippen LogP contribution in [0.15, 0.2) is 0 Å². The average Bonchev–Trinajstić information content (AvgIpc) is 2.90. The maximum atomic E-state index is 9.31. The van der Waals surface area contributed by atoms with Gasteiger partial charge in [0, 0.05) is 6.54 Å². The summed E-state index contributed by atoms with van der Waals surface area (Å²) < 4.78 is 0. The van der Waals surface area contributed by atoms with Crippen LogP contribution in [-0.2, 0) is 17.7 Å². The molecule has 90 valence electrons. The molecule has 0 bridgehead atoms. The molecule has 17 heavy (non-hydrogen) atoms. The van der Waals surface area contributed by atoms with Gasteiger partial charge in [0.05, 0.1) is 12.3 Å². The molecular formula is C12H16N4O. The van der Waals surface area contributed by atoms with Crippen molar-refractivity contribution in [2.45, 2.75) is 33.1 Å². The molecule has 0 spiro atoms. The van der Waals surface area contributed by atoms with Crippen LogP contribution in [0.5, 0.6) is 0 Å². The number of nitriles is 1. The van der Waals surface area contributed by atoms with Crippen LogP contribution in [0.2, 0.25) is 0 Å². The summed E-state index contributed by atoms with van der Waals surface area (Å²) in [4.78, 5) is 5.43. The van der Waals surface area contributed by atoms with Crippen LogP contribution in [0, 0.1) is 11.3 Å². The maximum Gasteiger partial charge on any atom is 0.193 e. The van der Waals surface area contributed by atoms with Crippen molar-refractivity contribution >= 4 is 5.82 Å². The number of hydroxylamine groups is 1. The maximum absolute atomic E-state index is 9.31. The van der Waals surface area contributed by atoms with E-state index in [-0.39, 0.29) is 0 Å². The lowest BCUT2D eigenvalue weighted by Gasteiger charge is -2.17. The van der Waals surface area contributed by atoms with Crippen molar-refractivity contribution < 1.29 is 4.84 Å². The second-order valence-electron chi connectivity index (χ2n) is 3.93. The van der Waals surface area contributed by atoms with E-state index in [1.54, 1.807) is 5.06 Å². The first-order valence-electron chi connectivity index (χ1n) is 6.00. The van der Waals surface area contributed by atoms with Gasteiger partial charge < -0.3 is 0 Å². The topological polar surface area (TPSA) is 62.0 Å². The number of aromatic nitrogens is 2. The molecule has 0 aromatic carbocycles. The summed E-state index contributed by atoms with van der Waals surface area (Å²) in [6.07, 6.45) is 2.55. The highest BCUT2D eigenvalue weighted by atomic mass is 16.7. The van der Waals surface area contributed by atoms with Gasteiger partial charge in [-0.15, -0.1) is 5.10 Å². The molecule has 1 aliphatic rings. The molecule has 0 amide bonds. The predicted molar refractivity (Wildman–Crippen MR) is 63.4 cm³/mol. The molecule has 0 radical (unpaired) electrons. The van der Waals surface area contributed by atoms with Crippen molar-refractivity contribution in [1.29, 1.82) is 5.26 Å². The number of hydrogen-bond acceptors (Lipinski definition) is 5. The molecule has 0 aliphatic carbocycles. The van der Waals surface area contributed by atoms with Gasteiger partial charge in [-0.2, -0.15) is 10.4 Å². The molecule has 0 saturated carbocycles. The highest BCUT2D eigenvalue weighted by molar-refractivity contribution is 5.57. The van der Waals surface area contributed by atoms with E-state index in [1.165, 1.54) is 0 Å². The Morgan fingerprint density at radius 3 is 2.71 bits per heavy atom. The number of anilines is 1. The van der Waals surface area contributed by atoms with Crippen molar-refractivity contribution in [3.63, 3.8) is 0 Å². The largest absolute Gasteiger partial charge is 0.272 e. The van der Waals surface area contributed by atoms with Gasteiger partial charge >= 0.3 is 0 Å². The SMILES string of the molecule is CCc1nnc(N2CCCO2)c(C#N)c1CC. The van der Waals surface area contributed by atoms with Crippen LogP contribution < -0.4 is 5.06 Å². The van der Waals surface area contributed by atoms with E-state index in [0.717, 1.165) is 37.1 Å². The van der Waals surface area contributed by atoms with Crippen LogP contribution in [0.4, 0.5) is 5.82 Å². The van der Waals surface area contributed by atoms with Crippen LogP contribution in [-0.4, -0.2) is 23.3 Å². The van der Waals surface area contributed by atoms with Gasteiger partial charge in [0.2, 0.25) is 0 Å². The van der Waals surface area contributed by atoms with Gasteiger partial charge in [0.25, 0.3) is 0 Å². The van der Waals surface area contributed by atoms with Gasteiger partial charge in [-0.25, -0.2) is 5.06 Å². The fourth-order valence-electron chi connectivity index (χ4n) is 2.07. The van der Waals surface area contributed by atoms with E-state index in [9.17, 15) is 5.26 Å². The van der Waals surface area contributed by atoms with Crippen LogP contribution in [0.25, 0.3) is 0 Å². The van der Waals surface area contributed by atoms with E-state index < -0.39 is 0 Å². The normalized spacial score (nSPS) is 15.0. The zero-order chi connectivity index (χ0) is 12.3. The number of aryl methyl sites for hydroxylation is 1. The minimum Gasteiger partial charge on any atom is -0.272 e. The highest BCUT2D eigenvalue weighted by Crippen LogP contribution is 2.25. The molecule has 5 nitrogen and oxygen atoms in total. The van der Waals surface area contributed by atoms with Crippen molar-refractivity contribution in [1.82, 2.24) is 10.2 Å². The summed E-state index contributed by atoms with van der Waals surface area (Å²) in [5, 5.41) is 19.3. The molecule has 2 heterocycles. The molecule has 1 fully saturated rings. The average molecular weight is 232 g/mol. The second kappa shape index (κ2) is 5.11. The molecule has 5 heteroatoms. The van der Waals surface area contributed by atoms with Crippen molar-refractivity contribution in [3.8, 4) is 6.07 Å². The van der Waals surface area contributed by atoms with Crippen molar-refractivity contribution in [2.75, 3.05) is 18.2 Å². The molecule has 1 aromatic heterocycles. The summed E-state index contributed by atoms with van der Waals surface area (Å²) in [5.41, 5.74) is 2.52. The third-order valence-electron chi connectivity index (χ3n) is 2.93. The van der Waals surface area contributed by atoms with Gasteiger partial charge in [0.15, 0.2) is 5.82 Å². The van der Waals surface area contributed by atoms with E-state index in [0.29, 0.717) is 18.0 Å². The zero-order valence-corrected chi connectivity index (χ0v) is 10.2. The summed E-state index contributed by atoms with van der Waals surface area (Å²) in [5.74, 6) is 0.569. The Bertz CT molecular complexity index is 447. The monoisotopic (exact) mass is 232 g/mol. The van der Waals surface area contributed by atoms with Crippen LogP contribution >= 0.6 is 0 Å². The molecule has 0 atom stereocenters. The Balaban J connectivity index is 2.49. The second-order valence-corrected chi connectivity index (χ2v) is 3.93. The lowest BCUT2D eigenvalue weighted by molar-refractivity contribution is 0.165. The fraction of sp³-hybridized carbons (Fsp3) is 0.583. The fourth-order valence-corrected chi connectivity index (χ4v) is 2.07. The first-order chi connectivity index (χ1) is 8.31. The highest BCUT2D eigenvalue weighted by Gasteiger charge is 2.22. The molecule has 1 saturated heterocycles. The first-order valence-corrected chi connectivity index (χ1v) is 6.00. The summed E-state index contributed by atoms with van der Waals surface area (Å²) >= 11 is 0. The summed E-state index contributed by atoms with van der Waals surface area (Å²) in [6.45, 7) is 5.52. The van der Waals surface area contributed by atoms with E-state index in [1.807, 2.05) is 13.8 Å². The molecule has 1 aliphatic heterocycles. The van der Waals surface area contributed by atoms with Gasteiger partial charge in [-0.3, -0.25) is 4.84 Å². The summed E-state index contributed by atoms with van der Waals surface area (Å²) in [6, 6.07) is 2.24. The summed E-state index contributed by atoms with van der Waals surface area (Å²) in [7, 11) is 0. The zero-order valence-electron chi connectivity index (χ0n) is 10.2. The van der Waals surface area contributed by atoms with Gasteiger partial charge in [-0.05, 0) is 24.8 Å². The Hall–Kier alpha value is -1.67. The number of nitrogens with zero attached hydrogens (tertiary/aromatic N) is 4. The quantitative estimate of drug-likeness (QED) is 0.792. The first kappa shape index (κ1) is 11.8. The van der Waals surface area contributed by atoms with Crippen molar-refractivity contribution in [3.05, 3.63) is 16.8 Å². The van der Waals surface area contributed by atoms with E-state index >= 15 is 0 Å². The third-order valence-corrected chi connectivity index (χ3v) is 2.93. The Kier molecular flexibility index (Phi) is 3.55.